The molecule has 0 radical (unpaired) electrons. The van der Waals surface area contributed by atoms with Crippen LogP contribution in [-0.2, 0) is 4.79 Å². The van der Waals surface area contributed by atoms with E-state index in [1.807, 2.05) is 0 Å². The Morgan fingerprint density at radius 2 is 2.00 bits per heavy atom. The van der Waals surface area contributed by atoms with Crippen molar-refractivity contribution in [3.05, 3.63) is 12.2 Å². The smallest absolute Gasteiger partial charge is 0.225 e. The molecule has 0 spiro atoms. The molecule has 2 atom stereocenters. The molecule has 0 heterocycles. The van der Waals surface area contributed by atoms with Gasteiger partial charge in [0.25, 0.3) is 0 Å². The van der Waals surface area contributed by atoms with Gasteiger partial charge in [-0.2, -0.15) is 0 Å². The summed E-state index contributed by atoms with van der Waals surface area (Å²) in [4.78, 5) is 14.5. The van der Waals surface area contributed by atoms with Crippen LogP contribution in [-0.4, -0.2) is 23.9 Å². The Morgan fingerprint density at radius 3 is 2.65 bits per heavy atom. The second-order valence-corrected chi connectivity index (χ2v) is 6.62. The molecule has 0 saturated heterocycles. The molecule has 0 aliphatic heterocycles. The van der Waals surface area contributed by atoms with Gasteiger partial charge in [-0.05, 0) is 56.8 Å². The molecular weight excluding hydrogens is 246 g/mol. The third kappa shape index (κ3) is 4.96. The van der Waals surface area contributed by atoms with Crippen LogP contribution in [0.5, 0.6) is 0 Å². The highest BCUT2D eigenvalue weighted by molar-refractivity contribution is 5.81. The first kappa shape index (κ1) is 15.6. The topological polar surface area (TPSA) is 20.3 Å². The van der Waals surface area contributed by atoms with E-state index in [1.165, 1.54) is 25.7 Å². The zero-order chi connectivity index (χ0) is 14.4. The minimum Gasteiger partial charge on any atom is -0.342 e. The number of amides is 1. The van der Waals surface area contributed by atoms with Gasteiger partial charge >= 0.3 is 0 Å². The molecule has 2 heteroatoms. The first-order valence-electron chi connectivity index (χ1n) is 8.70. The highest BCUT2D eigenvalue weighted by Crippen LogP contribution is 2.43. The maximum Gasteiger partial charge on any atom is 0.225 e. The van der Waals surface area contributed by atoms with Gasteiger partial charge in [0.05, 0.1) is 0 Å². The zero-order valence-corrected chi connectivity index (χ0v) is 13.3. The summed E-state index contributed by atoms with van der Waals surface area (Å²) in [5, 5.41) is 0. The fourth-order valence-corrected chi connectivity index (χ4v) is 2.99. The van der Waals surface area contributed by atoms with E-state index in [2.05, 4.69) is 30.9 Å². The highest BCUT2D eigenvalue weighted by atomic mass is 16.2. The first-order chi connectivity index (χ1) is 9.76. The van der Waals surface area contributed by atoms with Crippen LogP contribution >= 0.6 is 0 Å². The van der Waals surface area contributed by atoms with Gasteiger partial charge < -0.3 is 4.90 Å². The van der Waals surface area contributed by atoms with Crippen LogP contribution in [0.1, 0.15) is 65.2 Å². The van der Waals surface area contributed by atoms with E-state index in [4.69, 9.17) is 0 Å². The summed E-state index contributed by atoms with van der Waals surface area (Å²) in [7, 11) is 0. The Hall–Kier alpha value is -0.790. The number of carbonyl (C=O) groups is 1. The van der Waals surface area contributed by atoms with Gasteiger partial charge in [0.1, 0.15) is 0 Å². The summed E-state index contributed by atoms with van der Waals surface area (Å²) < 4.78 is 0. The van der Waals surface area contributed by atoms with E-state index >= 15 is 0 Å². The van der Waals surface area contributed by atoms with Gasteiger partial charge in [0, 0.05) is 19.0 Å². The molecule has 2 rings (SSSR count). The van der Waals surface area contributed by atoms with Crippen LogP contribution in [0.15, 0.2) is 12.2 Å². The number of unbranched alkanes of at least 4 members (excludes halogenated alkanes) is 1. The van der Waals surface area contributed by atoms with Gasteiger partial charge in [0.2, 0.25) is 5.91 Å². The second kappa shape index (κ2) is 7.85. The SMILES string of the molecule is CCC=CCCC1CC1CN(CCCC)C(=O)C1CC1. The van der Waals surface area contributed by atoms with Crippen LogP contribution in [0.3, 0.4) is 0 Å². The lowest BCUT2D eigenvalue weighted by atomic mass is 10.1. The summed E-state index contributed by atoms with van der Waals surface area (Å²) in [6.45, 7) is 6.42. The van der Waals surface area contributed by atoms with Gasteiger partial charge in [-0.15, -0.1) is 0 Å². The van der Waals surface area contributed by atoms with Crippen molar-refractivity contribution < 1.29 is 4.79 Å². The van der Waals surface area contributed by atoms with Gasteiger partial charge in [-0.25, -0.2) is 0 Å². The summed E-state index contributed by atoms with van der Waals surface area (Å²) >= 11 is 0. The van der Waals surface area contributed by atoms with Crippen LogP contribution < -0.4 is 0 Å². The minimum absolute atomic E-state index is 0.386. The molecule has 0 bridgehead atoms. The normalized spacial score (nSPS) is 25.1. The average molecular weight is 277 g/mol. The van der Waals surface area contributed by atoms with Gasteiger partial charge in [-0.3, -0.25) is 4.79 Å². The lowest BCUT2D eigenvalue weighted by Crippen LogP contribution is -2.35. The molecule has 114 valence electrons. The predicted molar refractivity (Wildman–Crippen MR) is 84.5 cm³/mol. The van der Waals surface area contributed by atoms with Crippen LogP contribution in [0.25, 0.3) is 0 Å². The molecule has 20 heavy (non-hydrogen) atoms. The van der Waals surface area contributed by atoms with Crippen molar-refractivity contribution in [3.63, 3.8) is 0 Å². The van der Waals surface area contributed by atoms with E-state index in [0.29, 0.717) is 11.8 Å². The van der Waals surface area contributed by atoms with Crippen molar-refractivity contribution in [3.8, 4) is 0 Å². The van der Waals surface area contributed by atoms with E-state index < -0.39 is 0 Å². The number of hydrogen-bond acceptors (Lipinski definition) is 1. The molecule has 1 amide bonds. The molecule has 0 N–H and O–H groups in total. The van der Waals surface area contributed by atoms with Crippen molar-refractivity contribution in [2.75, 3.05) is 13.1 Å². The lowest BCUT2D eigenvalue weighted by molar-refractivity contribution is -0.132. The van der Waals surface area contributed by atoms with Crippen molar-refractivity contribution in [2.45, 2.75) is 65.2 Å². The third-order valence-corrected chi connectivity index (χ3v) is 4.65. The Bertz CT molecular complexity index is 332. The largest absolute Gasteiger partial charge is 0.342 e. The van der Waals surface area contributed by atoms with Crippen molar-refractivity contribution in [1.29, 1.82) is 0 Å². The quantitative estimate of drug-likeness (QED) is 0.542. The molecular formula is C18H31NO. The average Bonchev–Trinajstić information content (AvgIpc) is 3.34. The number of carbonyl (C=O) groups excluding carboxylic acids is 1. The zero-order valence-electron chi connectivity index (χ0n) is 13.3. The molecule has 2 unspecified atom stereocenters. The summed E-state index contributed by atoms with van der Waals surface area (Å²) in [6, 6.07) is 0. The molecule has 0 aromatic carbocycles. The minimum atomic E-state index is 0.386. The fourth-order valence-electron chi connectivity index (χ4n) is 2.99. The second-order valence-electron chi connectivity index (χ2n) is 6.62. The molecule has 2 nitrogen and oxygen atoms in total. The Balaban J connectivity index is 1.69. The molecule has 2 fully saturated rings. The molecule has 2 aliphatic rings. The molecule has 0 aromatic heterocycles. The van der Waals surface area contributed by atoms with Gasteiger partial charge in [0.15, 0.2) is 0 Å². The molecule has 0 aromatic rings. The van der Waals surface area contributed by atoms with Crippen molar-refractivity contribution >= 4 is 5.91 Å². The lowest BCUT2D eigenvalue weighted by Gasteiger charge is -2.22. The maximum atomic E-state index is 12.3. The Labute approximate surface area is 124 Å². The van der Waals surface area contributed by atoms with E-state index in [1.54, 1.807) is 0 Å². The van der Waals surface area contributed by atoms with Gasteiger partial charge in [-0.1, -0.05) is 32.4 Å². The van der Waals surface area contributed by atoms with E-state index in [-0.39, 0.29) is 0 Å². The number of allylic oxidation sites excluding steroid dienone is 2. The van der Waals surface area contributed by atoms with E-state index in [9.17, 15) is 4.79 Å². The Kier molecular flexibility index (Phi) is 6.12. The predicted octanol–water partition coefficient (Wildman–Crippen LogP) is 4.41. The highest BCUT2D eigenvalue weighted by Gasteiger charge is 2.40. The standard InChI is InChI=1S/C18H31NO/c1-3-5-7-8-9-16-13-17(16)14-19(12-6-4-2)18(20)15-10-11-15/h5,7,15-17H,3-4,6,8-14H2,1-2H3. The van der Waals surface area contributed by atoms with E-state index in [0.717, 1.165) is 50.6 Å². The first-order valence-corrected chi connectivity index (χ1v) is 8.70. The summed E-state index contributed by atoms with van der Waals surface area (Å²) in [5.74, 6) is 2.52. The number of hydrogen-bond donors (Lipinski definition) is 0. The third-order valence-electron chi connectivity index (χ3n) is 4.65. The van der Waals surface area contributed by atoms with Crippen LogP contribution in [0.2, 0.25) is 0 Å². The maximum absolute atomic E-state index is 12.3. The summed E-state index contributed by atoms with van der Waals surface area (Å²) in [6.07, 6.45) is 14.2. The monoisotopic (exact) mass is 277 g/mol. The molecule has 2 saturated carbocycles. The number of rotatable bonds is 10. The Morgan fingerprint density at radius 1 is 1.20 bits per heavy atom. The fraction of sp³-hybridized carbons (Fsp3) is 0.833. The summed E-state index contributed by atoms with van der Waals surface area (Å²) in [5.41, 5.74) is 0. The number of nitrogens with zero attached hydrogens (tertiary/aromatic N) is 1. The molecule has 2 aliphatic carbocycles. The van der Waals surface area contributed by atoms with Crippen LogP contribution in [0.4, 0.5) is 0 Å². The van der Waals surface area contributed by atoms with Crippen molar-refractivity contribution in [2.24, 2.45) is 17.8 Å². The van der Waals surface area contributed by atoms with Crippen LogP contribution in [0, 0.1) is 17.8 Å². The van der Waals surface area contributed by atoms with Crippen molar-refractivity contribution in [1.82, 2.24) is 4.90 Å².